The monoisotopic (exact) mass is 347 g/mol. The predicted octanol–water partition coefficient (Wildman–Crippen LogP) is 3.01. The van der Waals surface area contributed by atoms with Crippen LogP contribution in [0, 0.1) is 0 Å². The van der Waals surface area contributed by atoms with Gasteiger partial charge < -0.3 is 14.2 Å². The SMILES string of the molecule is CCOC(=O)N1C(C)CC(OC(=O)c2ccccc2)CC1C1OC1C. The quantitative estimate of drug-likeness (QED) is 0.619. The summed E-state index contributed by atoms with van der Waals surface area (Å²) in [7, 11) is 0. The molecule has 0 radical (unpaired) electrons. The normalized spacial score (nSPS) is 31.3. The van der Waals surface area contributed by atoms with E-state index in [2.05, 4.69) is 0 Å². The number of rotatable bonds is 4. The number of esters is 1. The minimum absolute atomic E-state index is 0.0231. The summed E-state index contributed by atoms with van der Waals surface area (Å²) in [5, 5.41) is 0. The van der Waals surface area contributed by atoms with Crippen LogP contribution in [0.25, 0.3) is 0 Å². The fourth-order valence-electron chi connectivity index (χ4n) is 3.60. The average Bonchev–Trinajstić information content (AvgIpc) is 3.32. The van der Waals surface area contributed by atoms with Gasteiger partial charge in [-0.05, 0) is 32.9 Å². The Hall–Kier alpha value is -2.08. The molecule has 1 aromatic carbocycles. The van der Waals surface area contributed by atoms with Gasteiger partial charge in [0.15, 0.2) is 0 Å². The van der Waals surface area contributed by atoms with Crippen molar-refractivity contribution in [1.82, 2.24) is 4.90 Å². The molecule has 1 aromatic rings. The molecule has 6 heteroatoms. The van der Waals surface area contributed by atoms with Gasteiger partial charge >= 0.3 is 12.1 Å². The largest absolute Gasteiger partial charge is 0.459 e. The highest BCUT2D eigenvalue weighted by Crippen LogP contribution is 2.37. The molecule has 2 fully saturated rings. The van der Waals surface area contributed by atoms with E-state index >= 15 is 0 Å². The van der Waals surface area contributed by atoms with Gasteiger partial charge in [-0.3, -0.25) is 4.90 Å². The van der Waals surface area contributed by atoms with Gasteiger partial charge in [-0.15, -0.1) is 0 Å². The van der Waals surface area contributed by atoms with Crippen molar-refractivity contribution in [3.63, 3.8) is 0 Å². The number of benzene rings is 1. The first-order valence-electron chi connectivity index (χ1n) is 8.87. The molecule has 0 bridgehead atoms. The van der Waals surface area contributed by atoms with Gasteiger partial charge in [0, 0.05) is 18.9 Å². The number of hydrogen-bond acceptors (Lipinski definition) is 5. The van der Waals surface area contributed by atoms with Crippen molar-refractivity contribution in [2.75, 3.05) is 6.61 Å². The van der Waals surface area contributed by atoms with E-state index in [4.69, 9.17) is 14.2 Å². The molecule has 0 aromatic heterocycles. The average molecular weight is 347 g/mol. The summed E-state index contributed by atoms with van der Waals surface area (Å²) in [5.41, 5.74) is 0.538. The molecule has 1 amide bonds. The molecule has 2 aliphatic rings. The summed E-state index contributed by atoms with van der Waals surface area (Å²) in [5.74, 6) is -0.328. The van der Waals surface area contributed by atoms with Crippen LogP contribution < -0.4 is 0 Å². The van der Waals surface area contributed by atoms with Gasteiger partial charge in [-0.25, -0.2) is 9.59 Å². The van der Waals surface area contributed by atoms with E-state index in [1.165, 1.54) is 0 Å². The van der Waals surface area contributed by atoms with Crippen LogP contribution in [0.15, 0.2) is 30.3 Å². The summed E-state index contributed by atoms with van der Waals surface area (Å²) in [4.78, 5) is 26.4. The van der Waals surface area contributed by atoms with Crippen LogP contribution in [0.4, 0.5) is 4.79 Å². The number of carbonyl (C=O) groups is 2. The Kier molecular flexibility index (Phi) is 5.27. The molecule has 5 unspecified atom stereocenters. The van der Waals surface area contributed by atoms with Gasteiger partial charge in [0.05, 0.1) is 24.3 Å². The van der Waals surface area contributed by atoms with E-state index in [1.807, 2.05) is 32.0 Å². The van der Waals surface area contributed by atoms with Crippen LogP contribution in [-0.2, 0) is 14.2 Å². The third kappa shape index (κ3) is 3.95. The van der Waals surface area contributed by atoms with Gasteiger partial charge in [0.25, 0.3) is 0 Å². The first kappa shape index (κ1) is 17.7. The standard InChI is InChI=1S/C19H25NO5/c1-4-23-19(22)20-12(2)10-15(11-16(20)17-13(3)24-17)25-18(21)14-8-6-5-7-9-14/h5-9,12-13,15-17H,4,10-11H2,1-3H3. The van der Waals surface area contributed by atoms with Crippen LogP contribution >= 0.6 is 0 Å². The predicted molar refractivity (Wildman–Crippen MR) is 91.3 cm³/mol. The second-order valence-electron chi connectivity index (χ2n) is 6.69. The zero-order valence-electron chi connectivity index (χ0n) is 14.9. The molecule has 0 N–H and O–H groups in total. The molecule has 2 heterocycles. The Morgan fingerprint density at radius 1 is 1.20 bits per heavy atom. The molecule has 6 nitrogen and oxygen atoms in total. The smallest absolute Gasteiger partial charge is 0.410 e. The van der Waals surface area contributed by atoms with Crippen LogP contribution in [0.3, 0.4) is 0 Å². The van der Waals surface area contributed by atoms with Crippen molar-refractivity contribution in [2.45, 2.75) is 64.0 Å². The van der Waals surface area contributed by atoms with E-state index in [9.17, 15) is 9.59 Å². The van der Waals surface area contributed by atoms with E-state index in [-0.39, 0.29) is 42.5 Å². The summed E-state index contributed by atoms with van der Waals surface area (Å²) in [6, 6.07) is 8.75. The lowest BCUT2D eigenvalue weighted by Gasteiger charge is -2.42. The summed E-state index contributed by atoms with van der Waals surface area (Å²) >= 11 is 0. The van der Waals surface area contributed by atoms with Crippen molar-refractivity contribution in [1.29, 1.82) is 0 Å². The lowest BCUT2D eigenvalue weighted by molar-refractivity contribution is -0.0244. The number of likely N-dealkylation sites (tertiary alicyclic amines) is 1. The lowest BCUT2D eigenvalue weighted by Crippen LogP contribution is -2.55. The molecule has 25 heavy (non-hydrogen) atoms. The van der Waals surface area contributed by atoms with Gasteiger partial charge in [-0.1, -0.05) is 18.2 Å². The summed E-state index contributed by atoms with van der Waals surface area (Å²) in [6.07, 6.45) is 0.680. The Morgan fingerprint density at radius 2 is 1.88 bits per heavy atom. The Balaban J connectivity index is 1.70. The minimum Gasteiger partial charge on any atom is -0.459 e. The van der Waals surface area contributed by atoms with E-state index in [0.29, 0.717) is 25.0 Å². The van der Waals surface area contributed by atoms with Gasteiger partial charge in [-0.2, -0.15) is 0 Å². The second-order valence-corrected chi connectivity index (χ2v) is 6.69. The third-order valence-corrected chi connectivity index (χ3v) is 4.84. The molecule has 5 atom stereocenters. The number of amides is 1. The molecule has 2 aliphatic heterocycles. The molecule has 3 rings (SSSR count). The van der Waals surface area contributed by atoms with Gasteiger partial charge in [0.2, 0.25) is 0 Å². The van der Waals surface area contributed by atoms with Crippen molar-refractivity contribution in [2.24, 2.45) is 0 Å². The lowest BCUT2D eigenvalue weighted by atomic mass is 9.91. The molecule has 0 saturated carbocycles. The van der Waals surface area contributed by atoms with Crippen LogP contribution in [-0.4, -0.2) is 54.0 Å². The number of epoxide rings is 1. The maximum absolute atomic E-state index is 12.3. The van der Waals surface area contributed by atoms with Crippen LogP contribution in [0.5, 0.6) is 0 Å². The highest BCUT2D eigenvalue weighted by Gasteiger charge is 2.50. The maximum Gasteiger partial charge on any atom is 0.410 e. The third-order valence-electron chi connectivity index (χ3n) is 4.84. The van der Waals surface area contributed by atoms with Crippen molar-refractivity contribution < 1.29 is 23.8 Å². The molecule has 0 aliphatic carbocycles. The number of hydrogen-bond donors (Lipinski definition) is 0. The zero-order valence-corrected chi connectivity index (χ0v) is 14.9. The van der Waals surface area contributed by atoms with E-state index < -0.39 is 0 Å². The highest BCUT2D eigenvalue weighted by molar-refractivity contribution is 5.89. The highest BCUT2D eigenvalue weighted by atomic mass is 16.6. The van der Waals surface area contributed by atoms with Gasteiger partial charge in [0.1, 0.15) is 12.2 Å². The second kappa shape index (κ2) is 7.44. The first-order chi connectivity index (χ1) is 12.0. The van der Waals surface area contributed by atoms with E-state index in [0.717, 1.165) is 0 Å². The topological polar surface area (TPSA) is 68.4 Å². The summed E-state index contributed by atoms with van der Waals surface area (Å²) in [6.45, 7) is 6.07. The number of piperidine rings is 1. The summed E-state index contributed by atoms with van der Waals surface area (Å²) < 4.78 is 16.5. The number of ether oxygens (including phenoxy) is 3. The van der Waals surface area contributed by atoms with Crippen molar-refractivity contribution >= 4 is 12.1 Å². The Labute approximate surface area is 148 Å². The fourth-order valence-corrected chi connectivity index (χ4v) is 3.60. The minimum atomic E-state index is -0.328. The Bertz CT molecular complexity index is 620. The molecule has 136 valence electrons. The van der Waals surface area contributed by atoms with Crippen molar-refractivity contribution in [3.8, 4) is 0 Å². The molecular weight excluding hydrogens is 322 g/mol. The Morgan fingerprint density at radius 3 is 2.48 bits per heavy atom. The molecule has 2 saturated heterocycles. The number of carbonyl (C=O) groups excluding carboxylic acids is 2. The molecule has 0 spiro atoms. The van der Waals surface area contributed by atoms with Crippen LogP contribution in [0.1, 0.15) is 44.0 Å². The van der Waals surface area contributed by atoms with Crippen LogP contribution in [0.2, 0.25) is 0 Å². The fraction of sp³-hybridized carbons (Fsp3) is 0.579. The zero-order chi connectivity index (χ0) is 18.0. The molecular formula is C19H25NO5. The van der Waals surface area contributed by atoms with Crippen molar-refractivity contribution in [3.05, 3.63) is 35.9 Å². The number of nitrogens with zero attached hydrogens (tertiary/aromatic N) is 1. The maximum atomic E-state index is 12.3. The first-order valence-corrected chi connectivity index (χ1v) is 8.87. The van der Waals surface area contributed by atoms with E-state index in [1.54, 1.807) is 24.0 Å².